The van der Waals surface area contributed by atoms with Gasteiger partial charge in [0.2, 0.25) is 0 Å². The van der Waals surface area contributed by atoms with E-state index in [9.17, 15) is 4.39 Å². The molecule has 3 rings (SSSR count). The summed E-state index contributed by atoms with van der Waals surface area (Å²) >= 11 is 7.39. The van der Waals surface area contributed by atoms with Gasteiger partial charge in [0.1, 0.15) is 11.6 Å². The quantitative estimate of drug-likeness (QED) is 0.479. The lowest BCUT2D eigenvalue weighted by Gasteiger charge is -2.06. The minimum absolute atomic E-state index is 0.269. The Morgan fingerprint density at radius 2 is 1.79 bits per heavy atom. The smallest absolute Gasteiger partial charge is 0.191 e. The van der Waals surface area contributed by atoms with Crippen LogP contribution in [0.25, 0.3) is 11.4 Å². The average molecular weight is 364 g/mol. The van der Waals surface area contributed by atoms with Gasteiger partial charge in [0.15, 0.2) is 11.0 Å². The molecule has 1 aromatic heterocycles. The molecular formula is C17H15ClFN3OS. The second-order valence-corrected chi connectivity index (χ2v) is 6.52. The molecule has 0 aliphatic rings. The van der Waals surface area contributed by atoms with E-state index in [0.29, 0.717) is 17.5 Å². The van der Waals surface area contributed by atoms with Crippen LogP contribution in [0.5, 0.6) is 5.75 Å². The summed E-state index contributed by atoms with van der Waals surface area (Å²) in [5.41, 5.74) is 0.829. The first-order chi connectivity index (χ1) is 11.6. The largest absolute Gasteiger partial charge is 0.493 e. The summed E-state index contributed by atoms with van der Waals surface area (Å²) in [6, 6.07) is 13.5. The van der Waals surface area contributed by atoms with E-state index in [1.165, 1.54) is 12.1 Å². The molecule has 3 aromatic rings. The Bertz CT molecular complexity index is 806. The lowest BCUT2D eigenvalue weighted by molar-refractivity contribution is 0.344. The van der Waals surface area contributed by atoms with Crippen LogP contribution in [0.4, 0.5) is 4.39 Å². The van der Waals surface area contributed by atoms with Crippen LogP contribution in [0.15, 0.2) is 53.7 Å². The molecule has 4 nitrogen and oxygen atoms in total. The van der Waals surface area contributed by atoms with Crippen LogP contribution >= 0.6 is 23.4 Å². The average Bonchev–Trinajstić information content (AvgIpc) is 2.95. The number of thioether (sulfide) groups is 1. The first kappa shape index (κ1) is 16.8. The molecule has 1 heterocycles. The van der Waals surface area contributed by atoms with E-state index in [1.54, 1.807) is 36.0 Å². The molecule has 0 radical (unpaired) electrons. The van der Waals surface area contributed by atoms with E-state index in [1.807, 2.05) is 23.7 Å². The van der Waals surface area contributed by atoms with Crippen LogP contribution in [0, 0.1) is 5.82 Å². The van der Waals surface area contributed by atoms with Crippen molar-refractivity contribution in [1.29, 1.82) is 0 Å². The molecule has 0 N–H and O–H groups in total. The fourth-order valence-electron chi connectivity index (χ4n) is 2.11. The maximum Gasteiger partial charge on any atom is 0.191 e. The minimum atomic E-state index is -0.269. The van der Waals surface area contributed by atoms with Crippen LogP contribution in [0.3, 0.4) is 0 Å². The molecule has 7 heteroatoms. The van der Waals surface area contributed by atoms with Crippen molar-refractivity contribution in [2.24, 2.45) is 7.05 Å². The molecule has 0 atom stereocenters. The Morgan fingerprint density at radius 1 is 1.08 bits per heavy atom. The standard InChI is InChI=1S/C17H15ClFN3OS/c1-22-16(12-2-6-14(19)7-3-12)20-21-17(22)24-11-10-23-15-8-4-13(18)5-9-15/h2-9H,10-11H2,1H3. The third-order valence-corrected chi connectivity index (χ3v) is 4.57. The second kappa shape index (κ2) is 7.68. The summed E-state index contributed by atoms with van der Waals surface area (Å²) in [7, 11) is 1.89. The van der Waals surface area contributed by atoms with Gasteiger partial charge in [0.25, 0.3) is 0 Å². The van der Waals surface area contributed by atoms with Gasteiger partial charge in [-0.05, 0) is 48.5 Å². The predicted molar refractivity (Wildman–Crippen MR) is 94.1 cm³/mol. The Labute approximate surface area is 148 Å². The Balaban J connectivity index is 1.56. The van der Waals surface area contributed by atoms with E-state index in [4.69, 9.17) is 16.3 Å². The highest BCUT2D eigenvalue weighted by atomic mass is 35.5. The number of ether oxygens (including phenoxy) is 1. The number of hydrogen-bond donors (Lipinski definition) is 0. The van der Waals surface area contributed by atoms with Crippen molar-refractivity contribution in [3.8, 4) is 17.1 Å². The molecule has 0 aliphatic heterocycles. The summed E-state index contributed by atoms with van der Waals surface area (Å²) < 4.78 is 20.5. The van der Waals surface area contributed by atoms with Gasteiger partial charge in [-0.15, -0.1) is 10.2 Å². The number of halogens is 2. The summed E-state index contributed by atoms with van der Waals surface area (Å²) in [6.07, 6.45) is 0. The monoisotopic (exact) mass is 363 g/mol. The van der Waals surface area contributed by atoms with Gasteiger partial charge in [-0.2, -0.15) is 0 Å². The zero-order valence-electron chi connectivity index (χ0n) is 12.9. The van der Waals surface area contributed by atoms with Crippen LogP contribution in [-0.4, -0.2) is 27.1 Å². The van der Waals surface area contributed by atoms with Crippen molar-refractivity contribution in [2.45, 2.75) is 5.16 Å². The van der Waals surface area contributed by atoms with E-state index < -0.39 is 0 Å². The van der Waals surface area contributed by atoms with E-state index in [-0.39, 0.29) is 5.82 Å². The van der Waals surface area contributed by atoms with Crippen molar-refractivity contribution in [1.82, 2.24) is 14.8 Å². The number of nitrogens with zero attached hydrogens (tertiary/aromatic N) is 3. The highest BCUT2D eigenvalue weighted by Gasteiger charge is 2.11. The SMILES string of the molecule is Cn1c(SCCOc2ccc(Cl)cc2)nnc1-c1ccc(F)cc1. The van der Waals surface area contributed by atoms with Gasteiger partial charge in [0, 0.05) is 23.4 Å². The molecule has 24 heavy (non-hydrogen) atoms. The second-order valence-electron chi connectivity index (χ2n) is 5.02. The number of rotatable bonds is 6. The van der Waals surface area contributed by atoms with Crippen molar-refractivity contribution in [3.63, 3.8) is 0 Å². The van der Waals surface area contributed by atoms with Gasteiger partial charge in [0.05, 0.1) is 6.61 Å². The number of hydrogen-bond acceptors (Lipinski definition) is 4. The molecule has 0 saturated heterocycles. The van der Waals surface area contributed by atoms with Gasteiger partial charge < -0.3 is 9.30 Å². The van der Waals surface area contributed by atoms with E-state index in [0.717, 1.165) is 22.2 Å². The van der Waals surface area contributed by atoms with Crippen molar-refractivity contribution in [3.05, 3.63) is 59.4 Å². The molecule has 0 fully saturated rings. The third kappa shape index (κ3) is 4.07. The van der Waals surface area contributed by atoms with Crippen LogP contribution in [0.2, 0.25) is 5.02 Å². The predicted octanol–water partition coefficient (Wildman–Crippen LogP) is 4.45. The lowest BCUT2D eigenvalue weighted by atomic mass is 10.2. The van der Waals surface area contributed by atoms with Crippen LogP contribution < -0.4 is 4.74 Å². The van der Waals surface area contributed by atoms with E-state index in [2.05, 4.69) is 10.2 Å². The Hall–Kier alpha value is -2.05. The van der Waals surface area contributed by atoms with E-state index >= 15 is 0 Å². The Kier molecular flexibility index (Phi) is 5.37. The fourth-order valence-corrected chi connectivity index (χ4v) is 2.97. The summed E-state index contributed by atoms with van der Waals surface area (Å²) in [4.78, 5) is 0. The summed E-state index contributed by atoms with van der Waals surface area (Å²) in [5, 5.41) is 9.83. The highest BCUT2D eigenvalue weighted by molar-refractivity contribution is 7.99. The summed E-state index contributed by atoms with van der Waals surface area (Å²) in [6.45, 7) is 0.547. The third-order valence-electron chi connectivity index (χ3n) is 3.33. The first-order valence-electron chi connectivity index (χ1n) is 7.30. The van der Waals surface area contributed by atoms with Gasteiger partial charge in [-0.3, -0.25) is 0 Å². The van der Waals surface area contributed by atoms with Crippen molar-refractivity contribution in [2.75, 3.05) is 12.4 Å². The van der Waals surface area contributed by atoms with Gasteiger partial charge >= 0.3 is 0 Å². The maximum absolute atomic E-state index is 13.0. The minimum Gasteiger partial charge on any atom is -0.493 e. The van der Waals surface area contributed by atoms with Crippen molar-refractivity contribution < 1.29 is 9.13 Å². The highest BCUT2D eigenvalue weighted by Crippen LogP contribution is 2.23. The molecule has 0 bridgehead atoms. The zero-order valence-corrected chi connectivity index (χ0v) is 14.5. The molecule has 0 saturated carbocycles. The molecule has 0 amide bonds. The lowest BCUT2D eigenvalue weighted by Crippen LogP contribution is -2.02. The molecule has 2 aromatic carbocycles. The number of aromatic nitrogens is 3. The normalized spacial score (nSPS) is 10.8. The van der Waals surface area contributed by atoms with Gasteiger partial charge in [-0.25, -0.2) is 4.39 Å². The Morgan fingerprint density at radius 3 is 2.50 bits per heavy atom. The number of benzene rings is 2. The molecule has 0 spiro atoms. The molecule has 124 valence electrons. The molecule has 0 aliphatic carbocycles. The van der Waals surface area contributed by atoms with Crippen LogP contribution in [-0.2, 0) is 7.05 Å². The maximum atomic E-state index is 13.0. The fraction of sp³-hybridized carbons (Fsp3) is 0.176. The molecule has 0 unspecified atom stereocenters. The summed E-state index contributed by atoms with van der Waals surface area (Å²) in [5.74, 6) is 1.95. The topological polar surface area (TPSA) is 39.9 Å². The first-order valence-corrected chi connectivity index (χ1v) is 8.66. The molecular weight excluding hydrogens is 349 g/mol. The van der Waals surface area contributed by atoms with Crippen molar-refractivity contribution >= 4 is 23.4 Å². The zero-order chi connectivity index (χ0) is 16.9. The van der Waals surface area contributed by atoms with Crippen LogP contribution in [0.1, 0.15) is 0 Å². The van der Waals surface area contributed by atoms with Gasteiger partial charge in [-0.1, -0.05) is 23.4 Å².